The number of carboxylic acids is 1. The molecule has 3 rings (SSSR count). The van der Waals surface area contributed by atoms with Crippen molar-refractivity contribution in [2.24, 2.45) is 0 Å². The van der Waals surface area contributed by atoms with Crippen LogP contribution in [0.2, 0.25) is 0 Å². The number of carbonyl (C=O) groups excluding carboxylic acids is 1. The van der Waals surface area contributed by atoms with Gasteiger partial charge in [-0.05, 0) is 36.8 Å². The second-order valence-electron chi connectivity index (χ2n) is 6.06. The van der Waals surface area contributed by atoms with Crippen molar-refractivity contribution in [3.8, 4) is 16.9 Å². The molecule has 0 aliphatic heterocycles. The smallest absolute Gasteiger partial charge is 0.335 e. The Hall–Kier alpha value is -3.74. The maximum atomic E-state index is 15.1. The highest BCUT2D eigenvalue weighted by Crippen LogP contribution is 2.38. The molecule has 0 aliphatic carbocycles. The van der Waals surface area contributed by atoms with Crippen LogP contribution in [0.25, 0.3) is 11.1 Å². The largest absolute Gasteiger partial charge is 0.490 e. The summed E-state index contributed by atoms with van der Waals surface area (Å²) in [5.41, 5.74) is -0.0604. The summed E-state index contributed by atoms with van der Waals surface area (Å²) in [4.78, 5) is 23.5. The first kappa shape index (κ1) is 20.0. The lowest BCUT2D eigenvalue weighted by atomic mass is 10.0. The van der Waals surface area contributed by atoms with Crippen LogP contribution in [0.4, 0.5) is 14.5 Å². The van der Waals surface area contributed by atoms with Gasteiger partial charge in [-0.3, -0.25) is 4.79 Å². The van der Waals surface area contributed by atoms with E-state index in [1.165, 1.54) is 18.2 Å². The van der Waals surface area contributed by atoms with Crippen molar-refractivity contribution in [1.82, 2.24) is 0 Å². The number of rotatable bonds is 6. The van der Waals surface area contributed by atoms with Crippen LogP contribution in [0.1, 0.15) is 27.6 Å². The number of halogens is 2. The lowest BCUT2D eigenvalue weighted by Gasteiger charge is -2.16. The molecule has 0 saturated heterocycles. The fraction of sp³-hybridized carbons (Fsp3) is 0.0909. The van der Waals surface area contributed by atoms with Gasteiger partial charge in [0, 0.05) is 11.1 Å². The zero-order valence-corrected chi connectivity index (χ0v) is 15.4. The maximum absolute atomic E-state index is 15.1. The summed E-state index contributed by atoms with van der Waals surface area (Å²) in [6.07, 6.45) is 0. The topological polar surface area (TPSA) is 75.6 Å². The minimum Gasteiger partial charge on any atom is -0.490 e. The molecule has 2 N–H and O–H groups in total. The highest BCUT2D eigenvalue weighted by molar-refractivity contribution is 6.06. The normalized spacial score (nSPS) is 10.4. The van der Waals surface area contributed by atoms with Crippen molar-refractivity contribution in [1.29, 1.82) is 0 Å². The van der Waals surface area contributed by atoms with Crippen LogP contribution < -0.4 is 10.1 Å². The number of nitrogens with one attached hydrogen (secondary N) is 1. The monoisotopic (exact) mass is 397 g/mol. The van der Waals surface area contributed by atoms with Crippen LogP contribution in [0, 0.1) is 11.6 Å². The summed E-state index contributed by atoms with van der Waals surface area (Å²) < 4.78 is 35.2. The molecule has 3 aromatic rings. The lowest BCUT2D eigenvalue weighted by molar-refractivity contribution is 0.0697. The summed E-state index contributed by atoms with van der Waals surface area (Å²) in [7, 11) is 0. The minimum absolute atomic E-state index is 0.0474. The zero-order valence-electron chi connectivity index (χ0n) is 15.4. The Labute approximate surface area is 165 Å². The SMILES string of the molecule is CCOc1c(-c2ccccc2)cc(F)c(NC(=O)c2cccc(C(=O)O)c2)c1F. The number of hydrogen-bond donors (Lipinski definition) is 2. The molecule has 1 amide bonds. The molecule has 29 heavy (non-hydrogen) atoms. The van der Waals surface area contributed by atoms with Gasteiger partial charge in [-0.25, -0.2) is 13.6 Å². The third-order valence-electron chi connectivity index (χ3n) is 4.16. The maximum Gasteiger partial charge on any atom is 0.335 e. The molecular formula is C22H17F2NO4. The third kappa shape index (κ3) is 4.24. The Kier molecular flexibility index (Phi) is 5.87. The molecule has 0 atom stereocenters. The van der Waals surface area contributed by atoms with Crippen LogP contribution in [0.15, 0.2) is 60.7 Å². The highest BCUT2D eigenvalue weighted by Gasteiger charge is 2.23. The zero-order chi connectivity index (χ0) is 21.0. The standard InChI is InChI=1S/C22H17F2NO4/c1-2-29-20-16(13-7-4-3-5-8-13)12-17(23)19(18(20)24)25-21(26)14-9-6-10-15(11-14)22(27)28/h3-12H,2H2,1H3,(H,25,26)(H,27,28). The number of carboxylic acid groups (broad SMARTS) is 1. The van der Waals surface area contributed by atoms with E-state index in [1.807, 2.05) is 0 Å². The van der Waals surface area contributed by atoms with Crippen molar-refractivity contribution in [2.75, 3.05) is 11.9 Å². The van der Waals surface area contributed by atoms with E-state index in [0.717, 1.165) is 12.1 Å². The number of aromatic carboxylic acids is 1. The van der Waals surface area contributed by atoms with Crippen LogP contribution in [0.3, 0.4) is 0 Å². The van der Waals surface area contributed by atoms with Gasteiger partial charge in [0.15, 0.2) is 17.4 Å². The number of anilines is 1. The van der Waals surface area contributed by atoms with E-state index in [4.69, 9.17) is 9.84 Å². The minimum atomic E-state index is -1.22. The Morgan fingerprint density at radius 2 is 1.69 bits per heavy atom. The van der Waals surface area contributed by atoms with E-state index in [2.05, 4.69) is 5.32 Å². The van der Waals surface area contributed by atoms with Gasteiger partial charge in [0.05, 0.1) is 12.2 Å². The van der Waals surface area contributed by atoms with Crippen LogP contribution in [-0.2, 0) is 0 Å². The van der Waals surface area contributed by atoms with Crippen LogP contribution in [0.5, 0.6) is 5.75 Å². The van der Waals surface area contributed by atoms with E-state index in [-0.39, 0.29) is 29.0 Å². The Morgan fingerprint density at radius 1 is 1.00 bits per heavy atom. The summed E-state index contributed by atoms with van der Waals surface area (Å²) in [6.45, 7) is 1.80. The van der Waals surface area contributed by atoms with Gasteiger partial charge in [-0.15, -0.1) is 0 Å². The second-order valence-corrected chi connectivity index (χ2v) is 6.06. The molecule has 0 aliphatic rings. The Balaban J connectivity index is 2.02. The average molecular weight is 397 g/mol. The van der Waals surface area contributed by atoms with E-state index in [9.17, 15) is 14.0 Å². The Morgan fingerprint density at radius 3 is 2.34 bits per heavy atom. The summed E-state index contributed by atoms with van der Waals surface area (Å²) in [5, 5.41) is 11.2. The van der Waals surface area contributed by atoms with E-state index in [0.29, 0.717) is 5.56 Å². The molecule has 0 saturated carbocycles. The molecule has 3 aromatic carbocycles. The van der Waals surface area contributed by atoms with Crippen LogP contribution >= 0.6 is 0 Å². The molecule has 7 heteroatoms. The van der Waals surface area contributed by atoms with Crippen molar-refractivity contribution >= 4 is 17.6 Å². The number of hydrogen-bond acceptors (Lipinski definition) is 3. The summed E-state index contributed by atoms with van der Waals surface area (Å²) in [5.74, 6) is -4.28. The van der Waals surface area contributed by atoms with Crippen molar-refractivity contribution in [3.63, 3.8) is 0 Å². The van der Waals surface area contributed by atoms with Gasteiger partial charge in [0.2, 0.25) is 0 Å². The molecule has 5 nitrogen and oxygen atoms in total. The van der Waals surface area contributed by atoms with Gasteiger partial charge in [-0.1, -0.05) is 36.4 Å². The molecular weight excluding hydrogens is 380 g/mol. The summed E-state index contributed by atoms with van der Waals surface area (Å²) >= 11 is 0. The van der Waals surface area contributed by atoms with Crippen molar-refractivity contribution in [3.05, 3.63) is 83.4 Å². The first-order valence-electron chi connectivity index (χ1n) is 8.77. The lowest BCUT2D eigenvalue weighted by Crippen LogP contribution is -2.16. The number of amides is 1. The van der Waals surface area contributed by atoms with E-state index >= 15 is 4.39 Å². The predicted octanol–water partition coefficient (Wildman–Crippen LogP) is 4.98. The molecule has 0 unspecified atom stereocenters. The van der Waals surface area contributed by atoms with Crippen molar-refractivity contribution in [2.45, 2.75) is 6.92 Å². The number of benzene rings is 3. The molecule has 0 aromatic heterocycles. The van der Waals surface area contributed by atoms with Gasteiger partial charge in [0.25, 0.3) is 5.91 Å². The quantitative estimate of drug-likeness (QED) is 0.615. The predicted molar refractivity (Wildman–Crippen MR) is 104 cm³/mol. The molecule has 0 bridgehead atoms. The van der Waals surface area contributed by atoms with Gasteiger partial charge < -0.3 is 15.2 Å². The number of carbonyl (C=O) groups is 2. The van der Waals surface area contributed by atoms with Crippen molar-refractivity contribution < 1.29 is 28.2 Å². The van der Waals surface area contributed by atoms with E-state index < -0.39 is 29.2 Å². The fourth-order valence-corrected chi connectivity index (χ4v) is 2.81. The second kappa shape index (κ2) is 8.52. The molecule has 0 heterocycles. The Bertz CT molecular complexity index is 1070. The highest BCUT2D eigenvalue weighted by atomic mass is 19.1. The molecule has 0 radical (unpaired) electrons. The van der Waals surface area contributed by atoms with Gasteiger partial charge in [0.1, 0.15) is 5.69 Å². The first-order chi connectivity index (χ1) is 13.9. The van der Waals surface area contributed by atoms with Gasteiger partial charge in [-0.2, -0.15) is 0 Å². The first-order valence-corrected chi connectivity index (χ1v) is 8.77. The number of ether oxygens (including phenoxy) is 1. The molecule has 148 valence electrons. The molecule has 0 spiro atoms. The summed E-state index contributed by atoms with van der Waals surface area (Å²) in [6, 6.07) is 14.8. The fourth-order valence-electron chi connectivity index (χ4n) is 2.81. The third-order valence-corrected chi connectivity index (χ3v) is 4.16. The van der Waals surface area contributed by atoms with Crippen LogP contribution in [-0.4, -0.2) is 23.6 Å². The van der Waals surface area contributed by atoms with E-state index in [1.54, 1.807) is 37.3 Å². The average Bonchev–Trinajstić information content (AvgIpc) is 2.73. The molecule has 0 fully saturated rings. The van der Waals surface area contributed by atoms with Gasteiger partial charge >= 0.3 is 5.97 Å².